The van der Waals surface area contributed by atoms with Crippen LogP contribution in [0.4, 0.5) is 5.69 Å². The fourth-order valence-corrected chi connectivity index (χ4v) is 3.19. The first kappa shape index (κ1) is 19.9. The average Bonchev–Trinajstić information content (AvgIpc) is 3.58. The Labute approximate surface area is 175 Å². The minimum Gasteiger partial charge on any atom is -0.481 e. The highest BCUT2D eigenvalue weighted by Gasteiger charge is 2.29. The Kier molecular flexibility index (Phi) is 5.65. The van der Waals surface area contributed by atoms with Gasteiger partial charge in [0.05, 0.1) is 17.8 Å². The number of carbonyl (C=O) groups is 2. The third-order valence-corrected chi connectivity index (χ3v) is 4.98. The third kappa shape index (κ3) is 4.59. The van der Waals surface area contributed by atoms with E-state index in [0.29, 0.717) is 18.0 Å². The van der Waals surface area contributed by atoms with E-state index in [1.807, 2.05) is 55.5 Å². The molecule has 1 aromatic heterocycles. The zero-order valence-corrected chi connectivity index (χ0v) is 17.1. The number of hydrogen-bond acceptors (Lipinski definition) is 5. The number of ether oxygens (including phenoxy) is 2. The summed E-state index contributed by atoms with van der Waals surface area (Å²) in [6.07, 6.45) is 1.88. The number of benzene rings is 2. The van der Waals surface area contributed by atoms with Crippen LogP contribution in [-0.4, -0.2) is 30.1 Å². The van der Waals surface area contributed by atoms with E-state index in [9.17, 15) is 9.59 Å². The molecule has 154 valence electrons. The lowest BCUT2D eigenvalue weighted by Crippen LogP contribution is -2.15. The van der Waals surface area contributed by atoms with E-state index in [0.717, 1.165) is 40.6 Å². The molecule has 1 aliphatic rings. The molecule has 0 spiro atoms. The zero-order valence-electron chi connectivity index (χ0n) is 17.1. The number of esters is 1. The second-order valence-electron chi connectivity index (χ2n) is 7.46. The lowest BCUT2D eigenvalue weighted by atomic mass is 10.1. The van der Waals surface area contributed by atoms with Gasteiger partial charge in [-0.1, -0.05) is 29.8 Å². The van der Waals surface area contributed by atoms with Crippen LogP contribution in [0.15, 0.2) is 48.5 Å². The number of nitrogens with one attached hydrogen (secondary N) is 1. The lowest BCUT2D eigenvalue weighted by Gasteiger charge is -2.13. The number of amides is 1. The molecule has 3 aromatic rings. The van der Waals surface area contributed by atoms with Crippen LogP contribution in [0.3, 0.4) is 0 Å². The summed E-state index contributed by atoms with van der Waals surface area (Å²) >= 11 is 0. The number of nitrogens with zero attached hydrogens (tertiary/aromatic N) is 1. The summed E-state index contributed by atoms with van der Waals surface area (Å²) in [4.78, 5) is 28.7. The van der Waals surface area contributed by atoms with Crippen LogP contribution in [0.25, 0.3) is 22.2 Å². The molecule has 6 nitrogen and oxygen atoms in total. The summed E-state index contributed by atoms with van der Waals surface area (Å²) in [6, 6.07) is 15.4. The van der Waals surface area contributed by atoms with Gasteiger partial charge in [0.1, 0.15) is 5.75 Å². The largest absolute Gasteiger partial charge is 0.481 e. The van der Waals surface area contributed by atoms with E-state index in [1.165, 1.54) is 0 Å². The van der Waals surface area contributed by atoms with Gasteiger partial charge in [-0.15, -0.1) is 0 Å². The number of fused-ring (bicyclic) bond motifs is 1. The lowest BCUT2D eigenvalue weighted by molar-refractivity contribution is -0.145. The second-order valence-corrected chi connectivity index (χ2v) is 7.46. The van der Waals surface area contributed by atoms with Crippen molar-refractivity contribution >= 4 is 28.5 Å². The molecule has 2 aromatic carbocycles. The molecule has 4 rings (SSSR count). The Morgan fingerprint density at radius 3 is 2.57 bits per heavy atom. The van der Waals surface area contributed by atoms with E-state index in [1.54, 1.807) is 6.92 Å². The molecule has 0 atom stereocenters. The van der Waals surface area contributed by atoms with E-state index in [-0.39, 0.29) is 18.4 Å². The molecule has 0 aliphatic heterocycles. The summed E-state index contributed by atoms with van der Waals surface area (Å²) in [5.74, 6) is 0.235. The van der Waals surface area contributed by atoms with Gasteiger partial charge in [-0.3, -0.25) is 4.79 Å². The minimum atomic E-state index is -0.433. The van der Waals surface area contributed by atoms with Crippen LogP contribution in [0.2, 0.25) is 0 Å². The maximum absolute atomic E-state index is 12.1. The quantitative estimate of drug-likeness (QED) is 0.587. The molecule has 1 saturated carbocycles. The molecule has 0 radical (unpaired) electrons. The summed E-state index contributed by atoms with van der Waals surface area (Å²) in [5.41, 5.74) is 4.27. The Hall–Kier alpha value is -3.41. The molecule has 30 heavy (non-hydrogen) atoms. The van der Waals surface area contributed by atoms with Crippen LogP contribution in [0.1, 0.15) is 25.3 Å². The Morgan fingerprint density at radius 2 is 1.87 bits per heavy atom. The fraction of sp³-hybridized carbons (Fsp3) is 0.292. The summed E-state index contributed by atoms with van der Waals surface area (Å²) in [5, 5.41) is 3.67. The Morgan fingerprint density at radius 1 is 1.10 bits per heavy atom. The zero-order chi connectivity index (χ0) is 21.1. The molecular formula is C24H24N2O4. The number of aromatic nitrogens is 1. The van der Waals surface area contributed by atoms with Crippen molar-refractivity contribution in [3.05, 3.63) is 54.1 Å². The van der Waals surface area contributed by atoms with Crippen molar-refractivity contribution in [3.8, 4) is 17.0 Å². The number of pyridine rings is 1. The smallest absolute Gasteiger partial charge is 0.344 e. The Bertz CT molecular complexity index is 1090. The van der Waals surface area contributed by atoms with Crippen molar-refractivity contribution in [2.45, 2.75) is 26.7 Å². The van der Waals surface area contributed by atoms with Crippen molar-refractivity contribution in [1.29, 1.82) is 0 Å². The highest BCUT2D eigenvalue weighted by atomic mass is 16.6. The van der Waals surface area contributed by atoms with Crippen LogP contribution >= 0.6 is 0 Å². The maximum Gasteiger partial charge on any atom is 0.344 e. The maximum atomic E-state index is 12.1. The normalized spacial score (nSPS) is 13.1. The monoisotopic (exact) mass is 404 g/mol. The topological polar surface area (TPSA) is 77.5 Å². The van der Waals surface area contributed by atoms with Crippen LogP contribution in [-0.2, 0) is 14.3 Å². The van der Waals surface area contributed by atoms with Gasteiger partial charge >= 0.3 is 5.97 Å². The summed E-state index contributed by atoms with van der Waals surface area (Å²) < 4.78 is 10.8. The molecule has 0 bridgehead atoms. The van der Waals surface area contributed by atoms with Crippen molar-refractivity contribution < 1.29 is 19.1 Å². The molecule has 0 saturated heterocycles. The first-order valence-electron chi connectivity index (χ1n) is 10.1. The molecule has 1 fully saturated rings. The number of aryl methyl sites for hydroxylation is 1. The average molecular weight is 404 g/mol. The molecule has 1 heterocycles. The van der Waals surface area contributed by atoms with Crippen molar-refractivity contribution in [2.75, 3.05) is 18.5 Å². The summed E-state index contributed by atoms with van der Waals surface area (Å²) in [6.45, 7) is 3.89. The van der Waals surface area contributed by atoms with Crippen molar-refractivity contribution in [2.24, 2.45) is 5.92 Å². The number of carbonyl (C=O) groups excluding carboxylic acids is 2. The van der Waals surface area contributed by atoms with E-state index in [2.05, 4.69) is 5.32 Å². The molecule has 1 N–H and O–H groups in total. The van der Waals surface area contributed by atoms with Crippen LogP contribution < -0.4 is 10.1 Å². The van der Waals surface area contributed by atoms with E-state index < -0.39 is 5.97 Å². The summed E-state index contributed by atoms with van der Waals surface area (Å²) in [7, 11) is 0. The molecule has 1 amide bonds. The Balaban J connectivity index is 1.71. The molecular weight excluding hydrogens is 380 g/mol. The van der Waals surface area contributed by atoms with Crippen LogP contribution in [0.5, 0.6) is 5.75 Å². The van der Waals surface area contributed by atoms with Crippen molar-refractivity contribution in [3.63, 3.8) is 0 Å². The van der Waals surface area contributed by atoms with Gasteiger partial charge in [-0.25, -0.2) is 9.78 Å². The van der Waals surface area contributed by atoms with Gasteiger partial charge in [0, 0.05) is 28.6 Å². The van der Waals surface area contributed by atoms with Crippen molar-refractivity contribution in [1.82, 2.24) is 4.98 Å². The number of rotatable bonds is 7. The number of hydrogen-bond donors (Lipinski definition) is 1. The predicted octanol–water partition coefficient (Wildman–Crippen LogP) is 4.50. The first-order valence-corrected chi connectivity index (χ1v) is 10.1. The first-order chi connectivity index (χ1) is 14.5. The standard InChI is InChI=1S/C24H24N2O4/c1-3-29-23(27)14-30-22-13-21(16-6-4-15(2)5-7-16)26-20-11-10-18(12-19(20)22)25-24(28)17-8-9-17/h4-7,10-13,17H,3,8-9,14H2,1-2H3,(H,25,28). The van der Waals surface area contributed by atoms with E-state index >= 15 is 0 Å². The highest BCUT2D eigenvalue weighted by Crippen LogP contribution is 2.34. The van der Waals surface area contributed by atoms with Gasteiger partial charge in [-0.2, -0.15) is 0 Å². The van der Waals surface area contributed by atoms with Gasteiger partial charge in [0.25, 0.3) is 0 Å². The second kappa shape index (κ2) is 8.53. The molecule has 0 unspecified atom stereocenters. The van der Waals surface area contributed by atoms with E-state index in [4.69, 9.17) is 14.5 Å². The molecule has 6 heteroatoms. The fourth-order valence-electron chi connectivity index (χ4n) is 3.19. The highest BCUT2D eigenvalue weighted by molar-refractivity contribution is 5.97. The van der Waals surface area contributed by atoms with Gasteiger partial charge in [0.15, 0.2) is 6.61 Å². The van der Waals surface area contributed by atoms with Gasteiger partial charge < -0.3 is 14.8 Å². The van der Waals surface area contributed by atoms with Gasteiger partial charge in [0.2, 0.25) is 5.91 Å². The van der Waals surface area contributed by atoms with Gasteiger partial charge in [-0.05, 0) is 44.9 Å². The molecule has 1 aliphatic carbocycles. The van der Waals surface area contributed by atoms with Crippen LogP contribution in [0, 0.1) is 12.8 Å². The number of anilines is 1. The predicted molar refractivity (Wildman–Crippen MR) is 115 cm³/mol. The minimum absolute atomic E-state index is 0.0348. The third-order valence-electron chi connectivity index (χ3n) is 4.98. The SMILES string of the molecule is CCOC(=O)COc1cc(-c2ccc(C)cc2)nc2ccc(NC(=O)C3CC3)cc12.